The number of halogens is 1. The number of hydrogen-bond donors (Lipinski definition) is 1. The van der Waals surface area contributed by atoms with Crippen molar-refractivity contribution < 1.29 is 9.18 Å². The second-order valence-corrected chi connectivity index (χ2v) is 5.13. The van der Waals surface area contributed by atoms with Gasteiger partial charge in [-0.3, -0.25) is 9.59 Å². The summed E-state index contributed by atoms with van der Waals surface area (Å²) in [5.74, 6) is -0.530. The minimum atomic E-state index is -0.649. The minimum Gasteiger partial charge on any atom is -0.339 e. The van der Waals surface area contributed by atoms with Crippen LogP contribution in [0.3, 0.4) is 0 Å². The summed E-state index contributed by atoms with van der Waals surface area (Å²) >= 11 is 0. The highest BCUT2D eigenvalue weighted by Gasteiger charge is 2.29. The van der Waals surface area contributed by atoms with Gasteiger partial charge in [0.1, 0.15) is 5.82 Å². The van der Waals surface area contributed by atoms with Crippen molar-refractivity contribution >= 4 is 5.91 Å². The minimum absolute atomic E-state index is 0.236. The monoisotopic (exact) mass is 279 g/mol. The van der Waals surface area contributed by atoms with E-state index in [2.05, 4.69) is 9.97 Å². The molecule has 1 aliphatic carbocycles. The van der Waals surface area contributed by atoms with Crippen LogP contribution in [-0.2, 0) is 11.2 Å². The van der Waals surface area contributed by atoms with E-state index < -0.39 is 11.7 Å². The summed E-state index contributed by atoms with van der Waals surface area (Å²) in [5.41, 5.74) is 0.313. The van der Waals surface area contributed by atoms with Crippen LogP contribution in [0.4, 0.5) is 4.39 Å². The van der Waals surface area contributed by atoms with Gasteiger partial charge in [0.25, 0.3) is 11.5 Å². The number of aromatic amines is 1. The zero-order valence-corrected chi connectivity index (χ0v) is 11.6. The Balaban J connectivity index is 1.94. The number of aromatic nitrogens is 2. The van der Waals surface area contributed by atoms with E-state index in [4.69, 9.17) is 0 Å². The van der Waals surface area contributed by atoms with Crippen molar-refractivity contribution in [3.63, 3.8) is 0 Å². The molecule has 0 unspecified atom stereocenters. The Hall–Kier alpha value is -1.98. The van der Waals surface area contributed by atoms with Crippen LogP contribution in [0.1, 0.15) is 25.6 Å². The SMILES string of the molecule is C/C(=C(/F)C(=O)N(C)CCc1nccc(=O)[nH]1)C1CC1. The molecule has 0 saturated heterocycles. The molecule has 1 aliphatic rings. The van der Waals surface area contributed by atoms with Gasteiger partial charge in [-0.15, -0.1) is 0 Å². The lowest BCUT2D eigenvalue weighted by Crippen LogP contribution is -2.30. The predicted octanol–water partition coefficient (Wildman–Crippen LogP) is 1.42. The highest BCUT2D eigenvalue weighted by Crippen LogP contribution is 2.38. The van der Waals surface area contributed by atoms with Crippen LogP contribution in [0.5, 0.6) is 0 Å². The molecule has 1 fully saturated rings. The Morgan fingerprint density at radius 1 is 1.55 bits per heavy atom. The van der Waals surface area contributed by atoms with Crippen molar-refractivity contribution in [3.8, 4) is 0 Å². The normalized spacial score (nSPS) is 15.8. The van der Waals surface area contributed by atoms with Crippen molar-refractivity contribution in [1.82, 2.24) is 14.9 Å². The Kier molecular flexibility index (Phi) is 4.32. The van der Waals surface area contributed by atoms with Gasteiger partial charge in [0.05, 0.1) is 0 Å². The summed E-state index contributed by atoms with van der Waals surface area (Å²) in [6, 6.07) is 1.32. The second-order valence-electron chi connectivity index (χ2n) is 5.13. The number of allylic oxidation sites excluding steroid dienone is 1. The number of likely N-dealkylation sites (N-methyl/N-ethyl adjacent to an activating group) is 1. The summed E-state index contributed by atoms with van der Waals surface area (Å²) in [4.78, 5) is 30.9. The molecule has 0 spiro atoms. The van der Waals surface area contributed by atoms with Crippen LogP contribution in [0.2, 0.25) is 0 Å². The topological polar surface area (TPSA) is 66.1 Å². The number of hydrogen-bond acceptors (Lipinski definition) is 3. The Labute approximate surface area is 116 Å². The summed E-state index contributed by atoms with van der Waals surface area (Å²) in [7, 11) is 1.54. The van der Waals surface area contributed by atoms with E-state index >= 15 is 0 Å². The molecular weight excluding hydrogens is 261 g/mol. The average molecular weight is 279 g/mol. The largest absolute Gasteiger partial charge is 0.339 e. The number of carbonyl (C=O) groups is 1. The third-order valence-corrected chi connectivity index (χ3v) is 3.48. The molecule has 1 aromatic heterocycles. The number of H-pyrrole nitrogens is 1. The van der Waals surface area contributed by atoms with Crippen LogP contribution in [0.15, 0.2) is 28.5 Å². The Bertz CT molecular complexity index is 590. The molecule has 1 amide bonds. The quantitative estimate of drug-likeness (QED) is 0.829. The molecule has 0 radical (unpaired) electrons. The zero-order chi connectivity index (χ0) is 14.7. The predicted molar refractivity (Wildman–Crippen MR) is 72.7 cm³/mol. The third-order valence-electron chi connectivity index (χ3n) is 3.48. The fraction of sp³-hybridized carbons (Fsp3) is 0.500. The maximum Gasteiger partial charge on any atom is 0.282 e. The summed E-state index contributed by atoms with van der Waals surface area (Å²) in [6.07, 6.45) is 3.72. The molecule has 5 nitrogen and oxygen atoms in total. The van der Waals surface area contributed by atoms with E-state index in [1.807, 2.05) is 0 Å². The first-order valence-electron chi connectivity index (χ1n) is 6.65. The van der Waals surface area contributed by atoms with Crippen LogP contribution in [0.25, 0.3) is 0 Å². The van der Waals surface area contributed by atoms with Crippen molar-refractivity contribution in [2.45, 2.75) is 26.2 Å². The van der Waals surface area contributed by atoms with Crippen LogP contribution in [-0.4, -0.2) is 34.4 Å². The highest BCUT2D eigenvalue weighted by molar-refractivity contribution is 5.91. The average Bonchev–Trinajstić information content (AvgIpc) is 3.27. The third kappa shape index (κ3) is 3.53. The summed E-state index contributed by atoms with van der Waals surface area (Å²) < 4.78 is 13.9. The molecule has 1 N–H and O–H groups in total. The second kappa shape index (κ2) is 5.98. The van der Waals surface area contributed by atoms with Crippen LogP contribution < -0.4 is 5.56 Å². The van der Waals surface area contributed by atoms with Crippen LogP contribution in [0, 0.1) is 5.92 Å². The van der Waals surface area contributed by atoms with Gasteiger partial charge in [0.2, 0.25) is 0 Å². The fourth-order valence-electron chi connectivity index (χ4n) is 1.95. The number of amides is 1. The lowest BCUT2D eigenvalue weighted by atomic mass is 10.1. The van der Waals surface area contributed by atoms with E-state index in [-0.39, 0.29) is 11.5 Å². The molecule has 2 rings (SSSR count). The van der Waals surface area contributed by atoms with E-state index in [9.17, 15) is 14.0 Å². The number of nitrogens with zero attached hydrogens (tertiary/aromatic N) is 2. The summed E-state index contributed by atoms with van der Waals surface area (Å²) in [6.45, 7) is 1.98. The van der Waals surface area contributed by atoms with Gasteiger partial charge in [-0.1, -0.05) is 0 Å². The first-order chi connectivity index (χ1) is 9.49. The first kappa shape index (κ1) is 14.4. The van der Waals surface area contributed by atoms with Gasteiger partial charge >= 0.3 is 0 Å². The molecule has 0 aromatic carbocycles. The summed E-state index contributed by atoms with van der Waals surface area (Å²) in [5, 5.41) is 0. The number of rotatable bonds is 5. The van der Waals surface area contributed by atoms with Gasteiger partial charge in [0, 0.05) is 32.3 Å². The molecule has 0 aliphatic heterocycles. The molecule has 6 heteroatoms. The van der Waals surface area contributed by atoms with Gasteiger partial charge < -0.3 is 9.88 Å². The maximum atomic E-state index is 13.9. The molecule has 1 saturated carbocycles. The Morgan fingerprint density at radius 3 is 2.85 bits per heavy atom. The lowest BCUT2D eigenvalue weighted by Gasteiger charge is -2.16. The van der Waals surface area contributed by atoms with Crippen molar-refractivity contribution in [2.24, 2.45) is 5.92 Å². The first-order valence-corrected chi connectivity index (χ1v) is 6.65. The maximum absolute atomic E-state index is 13.9. The number of carbonyl (C=O) groups excluding carboxylic acids is 1. The number of nitrogens with one attached hydrogen (secondary N) is 1. The van der Waals surface area contributed by atoms with E-state index in [0.717, 1.165) is 12.8 Å². The standard InChI is InChI=1S/C14H18FN3O2/c1-9(10-3-4-10)13(15)14(20)18(2)8-6-11-16-7-5-12(19)17-11/h5,7,10H,3-4,6,8H2,1-2H3,(H,16,17,19)/b13-9-. The zero-order valence-electron chi connectivity index (χ0n) is 11.6. The van der Waals surface area contributed by atoms with Crippen molar-refractivity contribution in [1.29, 1.82) is 0 Å². The van der Waals surface area contributed by atoms with Crippen molar-refractivity contribution in [3.05, 3.63) is 39.8 Å². The van der Waals surface area contributed by atoms with E-state index in [1.54, 1.807) is 14.0 Å². The molecule has 0 bridgehead atoms. The molecule has 0 atom stereocenters. The molecule has 108 valence electrons. The smallest absolute Gasteiger partial charge is 0.282 e. The fourth-order valence-corrected chi connectivity index (χ4v) is 1.95. The van der Waals surface area contributed by atoms with Gasteiger partial charge in [-0.05, 0) is 31.3 Å². The molecule has 20 heavy (non-hydrogen) atoms. The highest BCUT2D eigenvalue weighted by atomic mass is 19.1. The lowest BCUT2D eigenvalue weighted by molar-refractivity contribution is -0.127. The molecule has 1 aromatic rings. The molecule has 1 heterocycles. The van der Waals surface area contributed by atoms with Crippen molar-refractivity contribution in [2.75, 3.05) is 13.6 Å². The van der Waals surface area contributed by atoms with E-state index in [0.29, 0.717) is 24.4 Å². The van der Waals surface area contributed by atoms with Crippen LogP contribution >= 0.6 is 0 Å². The van der Waals surface area contributed by atoms with E-state index in [1.165, 1.54) is 17.2 Å². The Morgan fingerprint density at radius 2 is 2.25 bits per heavy atom. The molecular formula is C14H18FN3O2. The van der Waals surface area contributed by atoms with Gasteiger partial charge in [0.15, 0.2) is 5.83 Å². The van der Waals surface area contributed by atoms with Gasteiger partial charge in [-0.25, -0.2) is 9.37 Å². The van der Waals surface area contributed by atoms with Gasteiger partial charge in [-0.2, -0.15) is 0 Å².